The van der Waals surface area contributed by atoms with E-state index >= 15 is 0 Å². The third-order valence-electron chi connectivity index (χ3n) is 3.30. The molecule has 0 aliphatic rings. The third kappa shape index (κ3) is 5.50. The summed E-state index contributed by atoms with van der Waals surface area (Å²) in [5.41, 5.74) is 1.06. The van der Waals surface area contributed by atoms with E-state index in [1.165, 1.54) is 4.88 Å². The Morgan fingerprint density at radius 1 is 1.14 bits per heavy atom. The number of benzene rings is 1. The number of thiophene rings is 1. The lowest BCUT2D eigenvalue weighted by atomic mass is 10.1. The number of carbonyl (C=O) groups excluding carboxylic acids is 1. The van der Waals surface area contributed by atoms with Crippen LogP contribution < -0.4 is 10.6 Å². The molecule has 0 saturated heterocycles. The highest BCUT2D eigenvalue weighted by Gasteiger charge is 2.08. The Labute approximate surface area is 135 Å². The number of aryl methyl sites for hydroxylation is 1. The second kappa shape index (κ2) is 8.56. The van der Waals surface area contributed by atoms with Crippen LogP contribution in [-0.2, 0) is 19.4 Å². The van der Waals surface area contributed by atoms with E-state index in [2.05, 4.69) is 23.6 Å². The Morgan fingerprint density at radius 3 is 2.55 bits per heavy atom. The maximum absolute atomic E-state index is 11.7. The molecule has 1 unspecified atom stereocenters. The van der Waals surface area contributed by atoms with E-state index in [9.17, 15) is 9.90 Å². The van der Waals surface area contributed by atoms with Crippen LogP contribution in [0.3, 0.4) is 0 Å². The fraction of sp³-hybridized carbons (Fsp3) is 0.353. The Bertz CT molecular complexity index is 583. The minimum Gasteiger partial charge on any atom is -0.391 e. The quantitative estimate of drug-likeness (QED) is 0.735. The third-order valence-corrected chi connectivity index (χ3v) is 4.53. The van der Waals surface area contributed by atoms with Crippen molar-refractivity contribution in [3.8, 4) is 0 Å². The standard InChI is InChI=1S/C17H22N2O2S/c1-2-15-8-9-16(22-15)12-19-17(21)18-11-14(20)10-13-6-4-3-5-7-13/h3-9,14,20H,2,10-12H2,1H3,(H2,18,19,21). The molecule has 22 heavy (non-hydrogen) atoms. The molecule has 0 fully saturated rings. The molecule has 3 N–H and O–H groups in total. The van der Waals surface area contributed by atoms with Crippen LogP contribution in [0.15, 0.2) is 42.5 Å². The van der Waals surface area contributed by atoms with Crippen molar-refractivity contribution in [1.82, 2.24) is 10.6 Å². The normalized spacial score (nSPS) is 11.9. The van der Waals surface area contributed by atoms with Gasteiger partial charge < -0.3 is 15.7 Å². The number of hydrogen-bond donors (Lipinski definition) is 3. The van der Waals surface area contributed by atoms with Crippen molar-refractivity contribution >= 4 is 17.4 Å². The van der Waals surface area contributed by atoms with Crippen molar-refractivity contribution < 1.29 is 9.90 Å². The van der Waals surface area contributed by atoms with Crippen molar-refractivity contribution in [1.29, 1.82) is 0 Å². The molecular weight excluding hydrogens is 296 g/mol. The molecule has 118 valence electrons. The summed E-state index contributed by atoms with van der Waals surface area (Å²) in [6, 6.07) is 13.6. The zero-order valence-electron chi connectivity index (χ0n) is 12.7. The molecule has 1 aromatic heterocycles. The molecule has 0 saturated carbocycles. The van der Waals surface area contributed by atoms with Crippen molar-refractivity contribution in [2.24, 2.45) is 0 Å². The fourth-order valence-corrected chi connectivity index (χ4v) is 3.00. The number of aliphatic hydroxyl groups excluding tert-OH is 1. The second-order valence-electron chi connectivity index (χ2n) is 5.13. The van der Waals surface area contributed by atoms with Gasteiger partial charge in [-0.1, -0.05) is 37.3 Å². The summed E-state index contributed by atoms with van der Waals surface area (Å²) in [5, 5.41) is 15.4. The van der Waals surface area contributed by atoms with Crippen LogP contribution >= 0.6 is 11.3 Å². The fourth-order valence-electron chi connectivity index (χ4n) is 2.11. The van der Waals surface area contributed by atoms with Crippen LogP contribution in [0.1, 0.15) is 22.2 Å². The summed E-state index contributed by atoms with van der Waals surface area (Å²) >= 11 is 1.71. The Kier molecular flexibility index (Phi) is 6.43. The summed E-state index contributed by atoms with van der Waals surface area (Å²) in [6.07, 6.45) is 0.968. The molecule has 1 atom stereocenters. The van der Waals surface area contributed by atoms with Crippen LogP contribution in [0.4, 0.5) is 4.79 Å². The highest BCUT2D eigenvalue weighted by molar-refractivity contribution is 7.11. The molecule has 2 rings (SSSR count). The summed E-state index contributed by atoms with van der Waals surface area (Å²) in [6.45, 7) is 2.88. The predicted octanol–water partition coefficient (Wildman–Crippen LogP) is 2.71. The van der Waals surface area contributed by atoms with Crippen LogP contribution in [0.2, 0.25) is 0 Å². The van der Waals surface area contributed by atoms with Crippen LogP contribution in [0.5, 0.6) is 0 Å². The minimum absolute atomic E-state index is 0.241. The monoisotopic (exact) mass is 318 g/mol. The van der Waals surface area contributed by atoms with Gasteiger partial charge in [0.25, 0.3) is 0 Å². The molecule has 0 radical (unpaired) electrons. The van der Waals surface area contributed by atoms with Crippen LogP contribution in [-0.4, -0.2) is 23.8 Å². The lowest BCUT2D eigenvalue weighted by Crippen LogP contribution is -2.39. The van der Waals surface area contributed by atoms with Gasteiger partial charge in [0.2, 0.25) is 0 Å². The van der Waals surface area contributed by atoms with E-state index in [-0.39, 0.29) is 12.6 Å². The molecular formula is C17H22N2O2S. The second-order valence-corrected chi connectivity index (χ2v) is 6.38. The van der Waals surface area contributed by atoms with Gasteiger partial charge >= 0.3 is 6.03 Å². The number of nitrogens with one attached hydrogen (secondary N) is 2. The van der Waals surface area contributed by atoms with Crippen molar-refractivity contribution in [3.05, 3.63) is 57.8 Å². The maximum Gasteiger partial charge on any atom is 0.315 e. The smallest absolute Gasteiger partial charge is 0.315 e. The van der Waals surface area contributed by atoms with Gasteiger partial charge in [-0.3, -0.25) is 0 Å². The molecule has 0 aliphatic carbocycles. The molecule has 2 aromatic rings. The number of aliphatic hydroxyl groups is 1. The van der Waals surface area contributed by atoms with Gasteiger partial charge in [-0.15, -0.1) is 11.3 Å². The summed E-state index contributed by atoms with van der Waals surface area (Å²) in [7, 11) is 0. The van der Waals surface area contributed by atoms with Gasteiger partial charge in [0, 0.05) is 22.7 Å². The first kappa shape index (κ1) is 16.5. The van der Waals surface area contributed by atoms with Gasteiger partial charge in [0.1, 0.15) is 0 Å². The summed E-state index contributed by atoms with van der Waals surface area (Å²) in [4.78, 5) is 14.2. The Balaban J connectivity index is 1.66. The first-order chi connectivity index (χ1) is 10.7. The van der Waals surface area contributed by atoms with Crippen LogP contribution in [0, 0.1) is 0 Å². The molecule has 1 aromatic carbocycles. The molecule has 0 spiro atoms. The number of rotatable bonds is 7. The lowest BCUT2D eigenvalue weighted by molar-refractivity contribution is 0.170. The number of amides is 2. The van der Waals surface area contributed by atoms with Gasteiger partial charge in [-0.25, -0.2) is 4.79 Å². The average molecular weight is 318 g/mol. The van der Waals surface area contributed by atoms with E-state index in [1.54, 1.807) is 11.3 Å². The average Bonchev–Trinajstić information content (AvgIpc) is 3.00. The molecule has 1 heterocycles. The van der Waals surface area contributed by atoms with Gasteiger partial charge in [-0.2, -0.15) is 0 Å². The van der Waals surface area contributed by atoms with Gasteiger partial charge in [-0.05, 0) is 24.1 Å². The number of hydrogen-bond acceptors (Lipinski definition) is 3. The Hall–Kier alpha value is -1.85. The highest BCUT2D eigenvalue weighted by Crippen LogP contribution is 2.16. The van der Waals surface area contributed by atoms with Crippen LogP contribution in [0.25, 0.3) is 0 Å². The van der Waals surface area contributed by atoms with Crippen molar-refractivity contribution in [2.45, 2.75) is 32.4 Å². The molecule has 2 amide bonds. The predicted molar refractivity (Wildman–Crippen MR) is 90.1 cm³/mol. The van der Waals surface area contributed by atoms with E-state index in [4.69, 9.17) is 0 Å². The van der Waals surface area contributed by atoms with E-state index in [0.29, 0.717) is 13.0 Å². The molecule has 0 bridgehead atoms. The molecule has 4 nitrogen and oxygen atoms in total. The largest absolute Gasteiger partial charge is 0.391 e. The summed E-state index contributed by atoms with van der Waals surface area (Å²) in [5.74, 6) is 0. The first-order valence-corrected chi connectivity index (χ1v) is 8.30. The number of urea groups is 1. The molecule has 5 heteroatoms. The topological polar surface area (TPSA) is 61.4 Å². The highest BCUT2D eigenvalue weighted by atomic mass is 32.1. The zero-order chi connectivity index (χ0) is 15.8. The Morgan fingerprint density at radius 2 is 1.86 bits per heavy atom. The van der Waals surface area contributed by atoms with E-state index in [1.807, 2.05) is 36.4 Å². The van der Waals surface area contributed by atoms with E-state index in [0.717, 1.165) is 16.9 Å². The first-order valence-electron chi connectivity index (χ1n) is 7.48. The molecule has 0 aliphatic heterocycles. The lowest BCUT2D eigenvalue weighted by Gasteiger charge is -2.12. The SMILES string of the molecule is CCc1ccc(CNC(=O)NCC(O)Cc2ccccc2)s1. The van der Waals surface area contributed by atoms with Gasteiger partial charge in [0.15, 0.2) is 0 Å². The van der Waals surface area contributed by atoms with Gasteiger partial charge in [0.05, 0.1) is 12.6 Å². The van der Waals surface area contributed by atoms with Crippen molar-refractivity contribution in [3.63, 3.8) is 0 Å². The zero-order valence-corrected chi connectivity index (χ0v) is 13.5. The summed E-state index contributed by atoms with van der Waals surface area (Å²) < 4.78 is 0. The minimum atomic E-state index is -0.582. The van der Waals surface area contributed by atoms with Crippen molar-refractivity contribution in [2.75, 3.05) is 6.54 Å². The van der Waals surface area contributed by atoms with E-state index < -0.39 is 6.10 Å². The maximum atomic E-state index is 11.7. The number of carbonyl (C=O) groups is 1.